The molecule has 1 aliphatic rings. The van der Waals surface area contributed by atoms with Gasteiger partial charge in [0, 0.05) is 26.2 Å². The molecule has 0 radical (unpaired) electrons. The average Bonchev–Trinajstić information content (AvgIpc) is 3.14. The number of nitrogens with zero attached hydrogens (tertiary/aromatic N) is 4. The number of fused-ring (bicyclic) bond motifs is 1. The zero-order valence-electron chi connectivity index (χ0n) is 16.8. The molecule has 0 aliphatic carbocycles. The monoisotopic (exact) mass is 400 g/mol. The minimum absolute atomic E-state index is 0.194. The maximum absolute atomic E-state index is 13.8. The van der Waals surface area contributed by atoms with Gasteiger partial charge in [0.2, 0.25) is 0 Å². The molecule has 1 aliphatic heterocycles. The summed E-state index contributed by atoms with van der Waals surface area (Å²) in [6.07, 6.45) is 0. The fraction of sp³-hybridized carbons (Fsp3) is 0.409. The summed E-state index contributed by atoms with van der Waals surface area (Å²) in [5, 5.41) is 0. The van der Waals surface area contributed by atoms with Gasteiger partial charge in [0.15, 0.2) is 0 Å². The second kappa shape index (κ2) is 8.37. The lowest BCUT2D eigenvalue weighted by atomic mass is 10.2. The van der Waals surface area contributed by atoms with Gasteiger partial charge in [-0.2, -0.15) is 8.78 Å². The maximum atomic E-state index is 13.8. The molecule has 7 heteroatoms. The van der Waals surface area contributed by atoms with Crippen molar-refractivity contribution in [2.45, 2.75) is 26.4 Å². The first-order valence-electron chi connectivity index (χ1n) is 10.1. The van der Waals surface area contributed by atoms with Gasteiger partial charge in [-0.25, -0.2) is 4.98 Å². The van der Waals surface area contributed by atoms with E-state index >= 15 is 0 Å². The van der Waals surface area contributed by atoms with Gasteiger partial charge in [-0.3, -0.25) is 9.47 Å². The Morgan fingerprint density at radius 1 is 1.00 bits per heavy atom. The molecule has 1 aromatic heterocycles. The molecule has 0 amide bonds. The Labute approximate surface area is 169 Å². The van der Waals surface area contributed by atoms with Crippen molar-refractivity contribution < 1.29 is 13.5 Å². The first-order valence-corrected chi connectivity index (χ1v) is 10.1. The molecular weight excluding hydrogens is 374 g/mol. The topological polar surface area (TPSA) is 33.5 Å². The number of rotatable bonds is 6. The van der Waals surface area contributed by atoms with Crippen molar-refractivity contribution in [1.82, 2.24) is 14.5 Å². The number of halogens is 2. The largest absolute Gasteiger partial charge is 0.492 e. The maximum Gasteiger partial charge on any atom is 0.320 e. The van der Waals surface area contributed by atoms with Crippen molar-refractivity contribution in [3.63, 3.8) is 0 Å². The molecule has 1 atom stereocenters. The zero-order valence-corrected chi connectivity index (χ0v) is 16.8. The summed E-state index contributed by atoms with van der Waals surface area (Å²) < 4.78 is 34.4. The molecule has 0 N–H and O–H groups in total. The van der Waals surface area contributed by atoms with Crippen LogP contribution in [-0.2, 0) is 0 Å². The first kappa shape index (κ1) is 19.6. The van der Waals surface area contributed by atoms with Gasteiger partial charge in [-0.05, 0) is 38.1 Å². The molecular formula is C22H26F2N4O. The number of anilines is 1. The van der Waals surface area contributed by atoms with Gasteiger partial charge >= 0.3 is 6.55 Å². The third kappa shape index (κ3) is 3.79. The molecule has 1 unspecified atom stereocenters. The molecule has 0 bridgehead atoms. The Bertz CT molecular complexity index is 966. The average molecular weight is 400 g/mol. The van der Waals surface area contributed by atoms with Gasteiger partial charge in [0.1, 0.15) is 11.6 Å². The van der Waals surface area contributed by atoms with Crippen molar-refractivity contribution in [2.24, 2.45) is 0 Å². The van der Waals surface area contributed by atoms with Crippen molar-refractivity contribution in [3.05, 3.63) is 54.4 Å². The van der Waals surface area contributed by atoms with Crippen LogP contribution in [0.2, 0.25) is 0 Å². The van der Waals surface area contributed by atoms with Gasteiger partial charge in [-0.15, -0.1) is 0 Å². The molecule has 154 valence electrons. The molecule has 0 spiro atoms. The van der Waals surface area contributed by atoms with E-state index in [0.29, 0.717) is 23.5 Å². The van der Waals surface area contributed by atoms with Crippen LogP contribution >= 0.6 is 0 Å². The van der Waals surface area contributed by atoms with Crippen molar-refractivity contribution >= 4 is 16.7 Å². The smallest absolute Gasteiger partial charge is 0.320 e. The van der Waals surface area contributed by atoms with E-state index < -0.39 is 6.55 Å². The van der Waals surface area contributed by atoms with E-state index in [1.54, 1.807) is 18.2 Å². The quantitative estimate of drug-likeness (QED) is 0.600. The molecule has 29 heavy (non-hydrogen) atoms. The zero-order chi connectivity index (χ0) is 20.4. The summed E-state index contributed by atoms with van der Waals surface area (Å²) in [6, 6.07) is 14.9. The summed E-state index contributed by atoms with van der Waals surface area (Å²) >= 11 is 0. The molecule has 0 saturated carbocycles. The van der Waals surface area contributed by atoms with E-state index in [1.165, 1.54) is 0 Å². The highest BCUT2D eigenvalue weighted by Gasteiger charge is 2.28. The van der Waals surface area contributed by atoms with E-state index in [-0.39, 0.29) is 6.04 Å². The number of hydrogen-bond acceptors (Lipinski definition) is 4. The van der Waals surface area contributed by atoms with Gasteiger partial charge in [-0.1, -0.05) is 24.3 Å². The fourth-order valence-electron chi connectivity index (χ4n) is 4.07. The summed E-state index contributed by atoms with van der Waals surface area (Å²) in [4.78, 5) is 9.05. The minimum atomic E-state index is -2.61. The van der Waals surface area contributed by atoms with Crippen LogP contribution in [0.3, 0.4) is 0 Å². The highest BCUT2D eigenvalue weighted by molar-refractivity contribution is 5.76. The number of benzene rings is 2. The lowest BCUT2D eigenvalue weighted by Crippen LogP contribution is -2.47. The van der Waals surface area contributed by atoms with Crippen LogP contribution in [-0.4, -0.2) is 47.2 Å². The normalized spacial score (nSPS) is 16.5. The standard InChI is InChI=1S/C22H26F2N4O/c1-3-29-20-11-7-6-10-19(20)27-14-12-26(13-15-27)16(2)21-25-17-8-4-5-9-18(17)28(21)22(23)24/h4-11,16,22H,3,12-15H2,1-2H3. The molecule has 4 rings (SSSR count). The number of alkyl halides is 2. The number of ether oxygens (including phenoxy) is 1. The third-order valence-electron chi connectivity index (χ3n) is 5.56. The van der Waals surface area contributed by atoms with E-state index in [4.69, 9.17) is 4.74 Å². The predicted molar refractivity (Wildman–Crippen MR) is 111 cm³/mol. The summed E-state index contributed by atoms with van der Waals surface area (Å²) in [6.45, 7) is 5.11. The van der Waals surface area contributed by atoms with Crippen LogP contribution in [0, 0.1) is 0 Å². The van der Waals surface area contributed by atoms with E-state index in [0.717, 1.165) is 42.2 Å². The van der Waals surface area contributed by atoms with Crippen LogP contribution in [0.5, 0.6) is 5.75 Å². The van der Waals surface area contributed by atoms with Gasteiger partial charge < -0.3 is 9.64 Å². The summed E-state index contributed by atoms with van der Waals surface area (Å²) in [5.74, 6) is 1.31. The molecule has 1 saturated heterocycles. The number of piperazine rings is 1. The Morgan fingerprint density at radius 2 is 1.69 bits per heavy atom. The lowest BCUT2D eigenvalue weighted by molar-refractivity contribution is 0.0641. The molecule has 2 heterocycles. The Balaban J connectivity index is 1.52. The highest BCUT2D eigenvalue weighted by atomic mass is 19.3. The predicted octanol–water partition coefficient (Wildman–Crippen LogP) is 4.71. The van der Waals surface area contributed by atoms with Gasteiger partial charge in [0.25, 0.3) is 0 Å². The third-order valence-corrected chi connectivity index (χ3v) is 5.56. The van der Waals surface area contributed by atoms with Crippen molar-refractivity contribution in [1.29, 1.82) is 0 Å². The number of imidazole rings is 1. The van der Waals surface area contributed by atoms with Crippen LogP contribution in [0.1, 0.15) is 32.3 Å². The lowest BCUT2D eigenvalue weighted by Gasteiger charge is -2.39. The number of para-hydroxylation sites is 4. The Morgan fingerprint density at radius 3 is 2.41 bits per heavy atom. The molecule has 2 aromatic carbocycles. The number of aromatic nitrogens is 2. The van der Waals surface area contributed by atoms with Crippen LogP contribution in [0.25, 0.3) is 11.0 Å². The van der Waals surface area contributed by atoms with Crippen molar-refractivity contribution in [3.8, 4) is 5.75 Å². The molecule has 5 nitrogen and oxygen atoms in total. The second-order valence-electron chi connectivity index (χ2n) is 7.21. The summed E-state index contributed by atoms with van der Waals surface area (Å²) in [5.41, 5.74) is 2.18. The highest BCUT2D eigenvalue weighted by Crippen LogP contribution is 2.32. The van der Waals surface area contributed by atoms with Crippen LogP contribution in [0.15, 0.2) is 48.5 Å². The van der Waals surface area contributed by atoms with Crippen LogP contribution in [0.4, 0.5) is 14.5 Å². The molecule has 3 aromatic rings. The Hall–Kier alpha value is -2.67. The van der Waals surface area contributed by atoms with E-state index in [9.17, 15) is 8.78 Å². The second-order valence-corrected chi connectivity index (χ2v) is 7.21. The Kier molecular flexibility index (Phi) is 5.67. The SMILES string of the molecule is CCOc1ccccc1N1CCN(C(C)c2nc3ccccc3n2C(F)F)CC1. The fourth-order valence-corrected chi connectivity index (χ4v) is 4.07. The van der Waals surface area contributed by atoms with Gasteiger partial charge in [0.05, 0.1) is 29.4 Å². The minimum Gasteiger partial charge on any atom is -0.492 e. The van der Waals surface area contributed by atoms with E-state index in [2.05, 4.69) is 20.9 Å². The summed E-state index contributed by atoms with van der Waals surface area (Å²) in [7, 11) is 0. The van der Waals surface area contributed by atoms with Crippen molar-refractivity contribution in [2.75, 3.05) is 37.7 Å². The van der Waals surface area contributed by atoms with Crippen LogP contribution < -0.4 is 9.64 Å². The van der Waals surface area contributed by atoms with E-state index in [1.807, 2.05) is 38.1 Å². The number of hydrogen-bond donors (Lipinski definition) is 0. The first-order chi connectivity index (χ1) is 14.1. The molecule has 1 fully saturated rings.